The maximum Gasteiger partial charge on any atom is 0.276 e. The van der Waals surface area contributed by atoms with Gasteiger partial charge in [0.05, 0.1) is 11.7 Å². The Hall–Kier alpha value is -2.45. The molecule has 1 aliphatic carbocycles. The predicted octanol–water partition coefficient (Wildman–Crippen LogP) is 2.94. The third-order valence-electron chi connectivity index (χ3n) is 6.14. The molecule has 2 aliphatic rings. The molecule has 158 valence electrons. The molecule has 0 aromatic carbocycles. The van der Waals surface area contributed by atoms with Crippen LogP contribution in [-0.2, 0) is 17.8 Å². The highest BCUT2D eigenvalue weighted by Crippen LogP contribution is 2.33. The van der Waals surface area contributed by atoms with E-state index in [0.717, 1.165) is 44.5 Å². The molecule has 1 saturated heterocycles. The zero-order valence-electron chi connectivity index (χ0n) is 17.2. The summed E-state index contributed by atoms with van der Waals surface area (Å²) < 4.78 is 1.55. The quantitative estimate of drug-likeness (QED) is 0.610. The van der Waals surface area contributed by atoms with Crippen molar-refractivity contribution in [1.29, 1.82) is 0 Å². The lowest BCUT2D eigenvalue weighted by molar-refractivity contribution is -0.121. The number of nitrogens with zero attached hydrogens (tertiary/aromatic N) is 3. The van der Waals surface area contributed by atoms with Gasteiger partial charge in [-0.25, -0.2) is 9.50 Å². The normalized spacial score (nSPS) is 19.6. The Morgan fingerprint density at radius 1 is 1.37 bits per heavy atom. The second kappa shape index (κ2) is 8.00. The monoisotopic (exact) mass is 425 g/mol. The molecule has 1 unspecified atom stereocenters. The van der Waals surface area contributed by atoms with Crippen LogP contribution in [0.3, 0.4) is 0 Å². The van der Waals surface area contributed by atoms with E-state index in [1.54, 1.807) is 15.9 Å². The topological polar surface area (TPSA) is 82.5 Å². The van der Waals surface area contributed by atoms with Crippen molar-refractivity contribution in [3.8, 4) is 0 Å². The lowest BCUT2D eigenvalue weighted by Crippen LogP contribution is -2.28. The van der Waals surface area contributed by atoms with Gasteiger partial charge in [0, 0.05) is 41.2 Å². The number of thiophene rings is 1. The highest BCUT2D eigenvalue weighted by atomic mass is 32.1. The van der Waals surface area contributed by atoms with E-state index < -0.39 is 0 Å². The van der Waals surface area contributed by atoms with Crippen molar-refractivity contribution >= 4 is 22.9 Å². The largest absolute Gasteiger partial charge is 0.353 e. The van der Waals surface area contributed by atoms with Gasteiger partial charge in [0.15, 0.2) is 5.65 Å². The Balaban J connectivity index is 1.37. The van der Waals surface area contributed by atoms with Crippen molar-refractivity contribution in [1.82, 2.24) is 24.8 Å². The molecule has 2 N–H and O–H groups in total. The maximum absolute atomic E-state index is 13.1. The van der Waals surface area contributed by atoms with Crippen LogP contribution in [0.25, 0.3) is 5.65 Å². The van der Waals surface area contributed by atoms with Crippen LogP contribution in [0.1, 0.15) is 60.0 Å². The number of aromatic amines is 1. The minimum absolute atomic E-state index is 0.0174. The first-order chi connectivity index (χ1) is 14.6. The van der Waals surface area contributed by atoms with Crippen molar-refractivity contribution in [3.63, 3.8) is 0 Å². The number of H-pyrrole nitrogens is 1. The average Bonchev–Trinajstić information content (AvgIpc) is 3.13. The Labute approximate surface area is 179 Å². The number of carbonyl (C=O) groups is 1. The number of hydrogen-bond donors (Lipinski definition) is 2. The average molecular weight is 426 g/mol. The van der Waals surface area contributed by atoms with E-state index in [4.69, 9.17) is 0 Å². The number of amides is 1. The van der Waals surface area contributed by atoms with E-state index in [0.29, 0.717) is 35.8 Å². The van der Waals surface area contributed by atoms with Crippen molar-refractivity contribution in [3.05, 3.63) is 55.8 Å². The molecule has 7 nitrogen and oxygen atoms in total. The van der Waals surface area contributed by atoms with E-state index in [1.165, 1.54) is 4.88 Å². The number of aromatic nitrogens is 3. The molecule has 0 radical (unpaired) electrons. The van der Waals surface area contributed by atoms with Crippen LogP contribution in [-0.4, -0.2) is 38.0 Å². The number of likely N-dealkylation sites (tertiary alicyclic amines) is 1. The first kappa shape index (κ1) is 19.5. The van der Waals surface area contributed by atoms with Crippen LogP contribution in [0.2, 0.25) is 0 Å². The maximum atomic E-state index is 13.1. The molecule has 1 atom stereocenters. The molecular weight excluding hydrogens is 398 g/mol. The first-order valence-corrected chi connectivity index (χ1v) is 11.6. The molecular formula is C22H27N5O2S. The summed E-state index contributed by atoms with van der Waals surface area (Å²) in [4.78, 5) is 33.6. The first-order valence-electron chi connectivity index (χ1n) is 10.8. The van der Waals surface area contributed by atoms with Crippen LogP contribution in [0, 0.1) is 6.92 Å². The van der Waals surface area contributed by atoms with Gasteiger partial charge in [-0.1, -0.05) is 6.07 Å². The van der Waals surface area contributed by atoms with Crippen molar-refractivity contribution in [2.24, 2.45) is 0 Å². The van der Waals surface area contributed by atoms with Crippen LogP contribution in [0.4, 0.5) is 0 Å². The fraction of sp³-hybridized carbons (Fsp3) is 0.500. The van der Waals surface area contributed by atoms with E-state index >= 15 is 0 Å². The number of carbonyl (C=O) groups excluding carboxylic acids is 1. The molecule has 8 heteroatoms. The fourth-order valence-corrected chi connectivity index (χ4v) is 5.11. The van der Waals surface area contributed by atoms with Gasteiger partial charge in [0.25, 0.3) is 5.56 Å². The summed E-state index contributed by atoms with van der Waals surface area (Å²) in [6, 6.07) is 6.88. The highest BCUT2D eigenvalue weighted by Gasteiger charge is 2.28. The molecule has 2 fully saturated rings. The van der Waals surface area contributed by atoms with Gasteiger partial charge in [-0.3, -0.25) is 19.6 Å². The van der Waals surface area contributed by atoms with E-state index in [9.17, 15) is 9.59 Å². The summed E-state index contributed by atoms with van der Waals surface area (Å²) in [7, 11) is 0. The van der Waals surface area contributed by atoms with Crippen LogP contribution in [0.5, 0.6) is 0 Å². The van der Waals surface area contributed by atoms with E-state index in [-0.39, 0.29) is 17.5 Å². The van der Waals surface area contributed by atoms with Gasteiger partial charge < -0.3 is 5.32 Å². The molecule has 3 aromatic rings. The van der Waals surface area contributed by atoms with Gasteiger partial charge in [0.2, 0.25) is 5.91 Å². The summed E-state index contributed by atoms with van der Waals surface area (Å²) in [5.41, 5.74) is 2.93. The minimum atomic E-state index is -0.0919. The van der Waals surface area contributed by atoms with Gasteiger partial charge in [-0.15, -0.1) is 11.3 Å². The van der Waals surface area contributed by atoms with Crippen molar-refractivity contribution < 1.29 is 4.79 Å². The van der Waals surface area contributed by atoms with Crippen LogP contribution < -0.4 is 10.9 Å². The number of aryl methyl sites for hydroxylation is 1. The third-order valence-corrected chi connectivity index (χ3v) is 7.00. The summed E-state index contributed by atoms with van der Waals surface area (Å²) in [6.07, 6.45) is 5.09. The molecule has 0 spiro atoms. The smallest absolute Gasteiger partial charge is 0.276 e. The van der Waals surface area contributed by atoms with Crippen LogP contribution >= 0.6 is 11.3 Å². The fourth-order valence-electron chi connectivity index (χ4n) is 4.38. The highest BCUT2D eigenvalue weighted by molar-refractivity contribution is 7.09. The van der Waals surface area contributed by atoms with Crippen LogP contribution in [0.15, 0.2) is 28.4 Å². The molecule has 4 heterocycles. The van der Waals surface area contributed by atoms with Gasteiger partial charge in [-0.2, -0.15) is 0 Å². The summed E-state index contributed by atoms with van der Waals surface area (Å²) in [5, 5.41) is 8.41. The molecule has 0 bridgehead atoms. The molecule has 1 amide bonds. The molecule has 30 heavy (non-hydrogen) atoms. The lowest BCUT2D eigenvalue weighted by Gasteiger charge is -2.22. The number of nitrogens with one attached hydrogen (secondary N) is 2. The van der Waals surface area contributed by atoms with Crippen molar-refractivity contribution in [2.45, 2.75) is 64.1 Å². The van der Waals surface area contributed by atoms with Gasteiger partial charge in [-0.05, 0) is 57.0 Å². The molecule has 1 aliphatic heterocycles. The Kier molecular flexibility index (Phi) is 5.20. The summed E-state index contributed by atoms with van der Waals surface area (Å²) in [6.45, 7) is 3.85. The van der Waals surface area contributed by atoms with Gasteiger partial charge >= 0.3 is 0 Å². The summed E-state index contributed by atoms with van der Waals surface area (Å²) >= 11 is 1.78. The Morgan fingerprint density at radius 2 is 2.23 bits per heavy atom. The number of fused-ring (bicyclic) bond motifs is 1. The lowest BCUT2D eigenvalue weighted by atomic mass is 10.1. The zero-order valence-corrected chi connectivity index (χ0v) is 18.0. The Morgan fingerprint density at radius 3 is 3.00 bits per heavy atom. The van der Waals surface area contributed by atoms with Gasteiger partial charge in [0.1, 0.15) is 0 Å². The number of rotatable bonds is 7. The minimum Gasteiger partial charge on any atom is -0.353 e. The SMILES string of the molecule is Cc1nc2cc(C3CCCN3Cc3cccs3)[nH]n2c(=O)c1CCC(=O)NC1CC1. The predicted molar refractivity (Wildman–Crippen MR) is 117 cm³/mol. The molecule has 1 saturated carbocycles. The Bertz CT molecular complexity index is 1110. The summed E-state index contributed by atoms with van der Waals surface area (Å²) in [5.74, 6) is 0.0174. The second-order valence-electron chi connectivity index (χ2n) is 8.44. The zero-order chi connectivity index (χ0) is 20.7. The third kappa shape index (κ3) is 3.94. The molecule has 3 aromatic heterocycles. The van der Waals surface area contributed by atoms with E-state index in [1.807, 2.05) is 13.0 Å². The van der Waals surface area contributed by atoms with Crippen molar-refractivity contribution in [2.75, 3.05) is 6.54 Å². The van der Waals surface area contributed by atoms with E-state index in [2.05, 4.69) is 37.8 Å². The number of hydrogen-bond acceptors (Lipinski definition) is 5. The second-order valence-corrected chi connectivity index (χ2v) is 9.47. The standard InChI is InChI=1S/C22H27N5O2S/c1-14-17(8-9-21(28)24-15-6-7-15)22(29)27-20(23-14)12-18(25-27)19-5-2-10-26(19)13-16-4-3-11-30-16/h3-4,11-12,15,19,25H,2,5-10,13H2,1H3,(H,24,28). The molecule has 5 rings (SSSR count).